The zero-order chi connectivity index (χ0) is 19.5. The zero-order valence-electron chi connectivity index (χ0n) is 15.2. The third-order valence-electron chi connectivity index (χ3n) is 4.90. The minimum absolute atomic E-state index is 0.127. The number of nitrogens with zero attached hydrogens (tertiary/aromatic N) is 3. The van der Waals surface area contributed by atoms with Crippen LogP contribution in [0.15, 0.2) is 30.3 Å². The van der Waals surface area contributed by atoms with Crippen molar-refractivity contribution in [2.45, 2.75) is 20.8 Å². The summed E-state index contributed by atoms with van der Waals surface area (Å²) in [4.78, 5) is 21.5. The quantitative estimate of drug-likeness (QED) is 0.507. The summed E-state index contributed by atoms with van der Waals surface area (Å²) in [5.74, 6) is -0.391. The number of hydrogen-bond acceptors (Lipinski definition) is 5. The van der Waals surface area contributed by atoms with Crippen molar-refractivity contribution in [2.75, 3.05) is 5.73 Å². The topological polar surface area (TPSA) is 120 Å². The summed E-state index contributed by atoms with van der Waals surface area (Å²) in [7, 11) is 0. The number of carbonyl (C=O) groups is 1. The lowest BCUT2D eigenvalue weighted by molar-refractivity contribution is 0.100. The minimum Gasteiger partial charge on any atom is -0.508 e. The van der Waals surface area contributed by atoms with Crippen molar-refractivity contribution in [3.63, 3.8) is 0 Å². The standard InChI is InChI=1S/C20H19N5O2/c1-9-5-4-6-12-15(9)24-20-16(23-12)14(19(22)27)18(21)25(20)17-10(2)7-8-13(26)11(17)3/h4-8,26H,21H2,1-3H3,(H2,22,27). The van der Waals surface area contributed by atoms with Crippen LogP contribution in [0, 0.1) is 20.8 Å². The van der Waals surface area contributed by atoms with Crippen LogP contribution in [-0.2, 0) is 0 Å². The van der Waals surface area contributed by atoms with Gasteiger partial charge in [-0.15, -0.1) is 0 Å². The summed E-state index contributed by atoms with van der Waals surface area (Å²) in [6.45, 7) is 5.63. The van der Waals surface area contributed by atoms with Crippen molar-refractivity contribution in [3.8, 4) is 11.4 Å². The number of primary amides is 1. The molecule has 5 N–H and O–H groups in total. The molecule has 7 heteroatoms. The number of nitrogen functional groups attached to an aromatic ring is 1. The second-order valence-corrected chi connectivity index (χ2v) is 6.67. The number of carbonyl (C=O) groups excluding carboxylic acids is 1. The molecule has 0 fully saturated rings. The molecule has 2 aromatic carbocycles. The number of aromatic nitrogens is 3. The van der Waals surface area contributed by atoms with Gasteiger partial charge in [-0.3, -0.25) is 9.36 Å². The number of aryl methyl sites for hydroxylation is 2. The van der Waals surface area contributed by atoms with Gasteiger partial charge in [-0.1, -0.05) is 18.2 Å². The van der Waals surface area contributed by atoms with Gasteiger partial charge in [-0.2, -0.15) is 0 Å². The summed E-state index contributed by atoms with van der Waals surface area (Å²) in [5, 5.41) is 10.2. The molecular formula is C20H19N5O2. The number of phenolic OH excluding ortho intramolecular Hbond substituents is 1. The van der Waals surface area contributed by atoms with Crippen LogP contribution in [0.2, 0.25) is 0 Å². The van der Waals surface area contributed by atoms with Crippen LogP contribution in [0.4, 0.5) is 5.82 Å². The maximum absolute atomic E-state index is 12.1. The van der Waals surface area contributed by atoms with Crippen LogP contribution >= 0.6 is 0 Å². The van der Waals surface area contributed by atoms with Gasteiger partial charge in [0.1, 0.15) is 22.6 Å². The van der Waals surface area contributed by atoms with E-state index >= 15 is 0 Å². The fraction of sp³-hybridized carbons (Fsp3) is 0.150. The molecule has 0 aliphatic rings. The number of benzene rings is 2. The van der Waals surface area contributed by atoms with Crippen LogP contribution in [-0.4, -0.2) is 25.5 Å². The maximum Gasteiger partial charge on any atom is 0.254 e. The predicted molar refractivity (Wildman–Crippen MR) is 105 cm³/mol. The largest absolute Gasteiger partial charge is 0.508 e. The summed E-state index contributed by atoms with van der Waals surface area (Å²) in [6, 6.07) is 9.06. The molecule has 0 unspecified atom stereocenters. The van der Waals surface area contributed by atoms with Gasteiger partial charge in [0.2, 0.25) is 0 Å². The number of para-hydroxylation sites is 1. The van der Waals surface area contributed by atoms with Gasteiger partial charge in [-0.05, 0) is 44.0 Å². The first-order chi connectivity index (χ1) is 12.8. The molecule has 2 heterocycles. The van der Waals surface area contributed by atoms with Crippen LogP contribution in [0.25, 0.3) is 27.9 Å². The molecule has 0 atom stereocenters. The highest BCUT2D eigenvalue weighted by Crippen LogP contribution is 2.35. The SMILES string of the molecule is Cc1ccc(O)c(C)c1-n1c(N)c(C(N)=O)c2nc3cccc(C)c3nc21. The Hall–Kier alpha value is -3.61. The van der Waals surface area contributed by atoms with E-state index < -0.39 is 5.91 Å². The van der Waals surface area contributed by atoms with Crippen molar-refractivity contribution < 1.29 is 9.90 Å². The van der Waals surface area contributed by atoms with Crippen LogP contribution < -0.4 is 11.5 Å². The van der Waals surface area contributed by atoms with E-state index in [1.807, 2.05) is 32.0 Å². The molecule has 0 spiro atoms. The molecule has 0 bridgehead atoms. The molecular weight excluding hydrogens is 342 g/mol. The summed E-state index contributed by atoms with van der Waals surface area (Å²) in [6.07, 6.45) is 0. The molecule has 0 aliphatic heterocycles. The van der Waals surface area contributed by atoms with Crippen molar-refractivity contribution in [1.29, 1.82) is 0 Å². The van der Waals surface area contributed by atoms with E-state index in [1.54, 1.807) is 23.6 Å². The highest BCUT2D eigenvalue weighted by atomic mass is 16.3. The monoisotopic (exact) mass is 361 g/mol. The molecule has 0 aliphatic carbocycles. The zero-order valence-corrected chi connectivity index (χ0v) is 15.2. The number of rotatable bonds is 2. The highest BCUT2D eigenvalue weighted by Gasteiger charge is 2.25. The Morgan fingerprint density at radius 2 is 1.78 bits per heavy atom. The van der Waals surface area contributed by atoms with E-state index in [1.165, 1.54) is 0 Å². The Kier molecular flexibility index (Phi) is 3.56. The van der Waals surface area contributed by atoms with Crippen molar-refractivity contribution >= 4 is 33.9 Å². The number of amides is 1. The predicted octanol–water partition coefficient (Wildman–Crippen LogP) is 2.89. The van der Waals surface area contributed by atoms with Gasteiger partial charge in [-0.25, -0.2) is 9.97 Å². The Morgan fingerprint density at radius 1 is 1.04 bits per heavy atom. The van der Waals surface area contributed by atoms with Gasteiger partial charge < -0.3 is 16.6 Å². The third kappa shape index (κ3) is 2.32. The van der Waals surface area contributed by atoms with Crippen molar-refractivity contribution in [3.05, 3.63) is 52.6 Å². The third-order valence-corrected chi connectivity index (χ3v) is 4.90. The molecule has 0 radical (unpaired) electrons. The molecule has 4 aromatic rings. The fourth-order valence-electron chi connectivity index (χ4n) is 3.52. The highest BCUT2D eigenvalue weighted by molar-refractivity contribution is 6.10. The van der Waals surface area contributed by atoms with Gasteiger partial charge in [0.25, 0.3) is 5.91 Å². The summed E-state index contributed by atoms with van der Waals surface area (Å²) >= 11 is 0. The first kappa shape index (κ1) is 16.8. The summed E-state index contributed by atoms with van der Waals surface area (Å²) in [5.41, 5.74) is 17.3. The number of phenols is 1. The van der Waals surface area contributed by atoms with Crippen molar-refractivity contribution in [2.24, 2.45) is 5.73 Å². The Balaban J connectivity index is 2.25. The number of fused-ring (bicyclic) bond motifs is 2. The number of aromatic hydroxyl groups is 1. The lowest BCUT2D eigenvalue weighted by atomic mass is 10.1. The molecule has 2 aromatic heterocycles. The summed E-state index contributed by atoms with van der Waals surface area (Å²) < 4.78 is 1.65. The van der Waals surface area contributed by atoms with Gasteiger partial charge in [0.05, 0.1) is 16.7 Å². The number of hydrogen-bond donors (Lipinski definition) is 3. The molecule has 136 valence electrons. The second kappa shape index (κ2) is 5.70. The van der Waals surface area contributed by atoms with Crippen LogP contribution in [0.1, 0.15) is 27.0 Å². The van der Waals surface area contributed by atoms with E-state index in [2.05, 4.69) is 4.98 Å². The smallest absolute Gasteiger partial charge is 0.254 e. The molecule has 0 saturated heterocycles. The average molecular weight is 361 g/mol. The molecule has 27 heavy (non-hydrogen) atoms. The van der Waals surface area contributed by atoms with Gasteiger partial charge in [0.15, 0.2) is 5.65 Å². The molecule has 4 rings (SSSR count). The van der Waals surface area contributed by atoms with E-state index in [4.69, 9.17) is 16.5 Å². The minimum atomic E-state index is -0.673. The average Bonchev–Trinajstić information content (AvgIpc) is 2.89. The normalized spacial score (nSPS) is 11.4. The molecule has 0 saturated carbocycles. The fourth-order valence-corrected chi connectivity index (χ4v) is 3.52. The van der Waals surface area contributed by atoms with Crippen LogP contribution in [0.3, 0.4) is 0 Å². The maximum atomic E-state index is 12.1. The lowest BCUT2D eigenvalue weighted by Gasteiger charge is -2.15. The van der Waals surface area contributed by atoms with E-state index in [9.17, 15) is 9.90 Å². The van der Waals surface area contributed by atoms with E-state index in [0.717, 1.165) is 16.6 Å². The first-order valence-electron chi connectivity index (χ1n) is 8.48. The van der Waals surface area contributed by atoms with Gasteiger partial charge in [0, 0.05) is 5.56 Å². The molecule has 1 amide bonds. The second-order valence-electron chi connectivity index (χ2n) is 6.67. The van der Waals surface area contributed by atoms with Gasteiger partial charge >= 0.3 is 0 Å². The Bertz CT molecular complexity index is 1260. The van der Waals surface area contributed by atoms with Crippen molar-refractivity contribution in [1.82, 2.24) is 14.5 Å². The van der Waals surface area contributed by atoms with E-state index in [-0.39, 0.29) is 17.1 Å². The van der Waals surface area contributed by atoms with Crippen LogP contribution in [0.5, 0.6) is 5.75 Å². The number of anilines is 1. The first-order valence-corrected chi connectivity index (χ1v) is 8.48. The number of nitrogens with two attached hydrogens (primary N) is 2. The van der Waals surface area contributed by atoms with E-state index in [0.29, 0.717) is 27.9 Å². The lowest BCUT2D eigenvalue weighted by Crippen LogP contribution is -2.14. The molecule has 7 nitrogen and oxygen atoms in total. The Labute approximate surface area is 155 Å². The Morgan fingerprint density at radius 3 is 2.48 bits per heavy atom.